The number of rotatable bonds is 12. The number of nitrogens with zero attached hydrogens (tertiary/aromatic N) is 4. The Balaban J connectivity index is 1.44. The summed E-state index contributed by atoms with van der Waals surface area (Å²) in [5.74, 6) is 3.34. The van der Waals surface area contributed by atoms with Gasteiger partial charge in [-0.1, -0.05) is 12.1 Å². The molecular formula is C23H36N6O3. The molecule has 1 saturated heterocycles. The van der Waals surface area contributed by atoms with Crippen LogP contribution in [0.25, 0.3) is 0 Å². The minimum atomic E-state index is 0.273. The fraction of sp³-hybridized carbons (Fsp3) is 0.609. The number of aryl methyl sites for hydroxylation is 1. The molecule has 0 amide bonds. The molecule has 3 rings (SSSR count). The first-order valence-corrected chi connectivity index (χ1v) is 11.3. The third kappa shape index (κ3) is 7.80. The molecule has 2 aromatic rings. The third-order valence-electron chi connectivity index (χ3n) is 5.51. The van der Waals surface area contributed by atoms with E-state index in [0.717, 1.165) is 68.7 Å². The highest BCUT2D eigenvalue weighted by molar-refractivity contribution is 5.79. The van der Waals surface area contributed by atoms with Crippen LogP contribution in [0.2, 0.25) is 0 Å². The summed E-state index contributed by atoms with van der Waals surface area (Å²) in [4.78, 5) is 4.70. The fourth-order valence-electron chi connectivity index (χ4n) is 3.40. The summed E-state index contributed by atoms with van der Waals surface area (Å²) in [6.45, 7) is 6.20. The highest BCUT2D eigenvalue weighted by Gasteiger charge is 2.15. The molecule has 0 aliphatic carbocycles. The van der Waals surface area contributed by atoms with Crippen LogP contribution in [0.3, 0.4) is 0 Å². The molecule has 1 aliphatic heterocycles. The molecular weight excluding hydrogens is 408 g/mol. The van der Waals surface area contributed by atoms with Crippen LogP contribution < -0.4 is 15.4 Å². The van der Waals surface area contributed by atoms with Crippen molar-refractivity contribution in [1.29, 1.82) is 0 Å². The maximum Gasteiger partial charge on any atom is 0.191 e. The number of guanidine groups is 1. The molecule has 176 valence electrons. The van der Waals surface area contributed by atoms with Crippen LogP contribution >= 0.6 is 0 Å². The van der Waals surface area contributed by atoms with Gasteiger partial charge in [-0.25, -0.2) is 4.99 Å². The van der Waals surface area contributed by atoms with Gasteiger partial charge in [-0.05, 0) is 50.3 Å². The monoisotopic (exact) mass is 444 g/mol. The lowest BCUT2D eigenvalue weighted by molar-refractivity contribution is 0.0168. The van der Waals surface area contributed by atoms with Crippen molar-refractivity contribution in [2.24, 2.45) is 12.0 Å². The normalized spacial score (nSPS) is 16.3. The molecule has 1 aromatic carbocycles. The average Bonchev–Trinajstić information content (AvgIpc) is 3.44. The van der Waals surface area contributed by atoms with E-state index in [-0.39, 0.29) is 6.10 Å². The van der Waals surface area contributed by atoms with Crippen molar-refractivity contribution in [1.82, 2.24) is 25.4 Å². The van der Waals surface area contributed by atoms with Gasteiger partial charge >= 0.3 is 0 Å². The van der Waals surface area contributed by atoms with Crippen LogP contribution in [0.5, 0.6) is 5.75 Å². The summed E-state index contributed by atoms with van der Waals surface area (Å²) < 4.78 is 18.5. The van der Waals surface area contributed by atoms with Gasteiger partial charge in [-0.15, -0.1) is 10.2 Å². The zero-order valence-corrected chi connectivity index (χ0v) is 19.5. The summed E-state index contributed by atoms with van der Waals surface area (Å²) in [5.41, 5.74) is 1.24. The largest absolute Gasteiger partial charge is 0.497 e. The topological polar surface area (TPSA) is 94.8 Å². The van der Waals surface area contributed by atoms with Crippen molar-refractivity contribution in [2.45, 2.75) is 45.3 Å². The first-order valence-electron chi connectivity index (χ1n) is 11.3. The number of hydrogen-bond donors (Lipinski definition) is 2. The Bertz CT molecular complexity index is 831. The number of aromatic nitrogens is 3. The fourth-order valence-corrected chi connectivity index (χ4v) is 3.40. The summed E-state index contributed by atoms with van der Waals surface area (Å²) in [6.07, 6.45) is 4.31. The van der Waals surface area contributed by atoms with Gasteiger partial charge < -0.3 is 29.4 Å². The van der Waals surface area contributed by atoms with E-state index in [0.29, 0.717) is 19.8 Å². The standard InChI is InChI=1S/C23H36N6O3/c1-18-27-28-22(29(18)2)16-26-23(24-12-5-14-31-17-21-6-4-15-32-21)25-13-11-19-7-9-20(30-3)10-8-19/h7-10,21H,4-6,11-17H2,1-3H3,(H2,24,25,26). The highest BCUT2D eigenvalue weighted by Crippen LogP contribution is 2.12. The first kappa shape index (κ1) is 24.0. The number of benzene rings is 1. The van der Waals surface area contributed by atoms with Crippen LogP contribution in [-0.4, -0.2) is 66.8 Å². The Morgan fingerprint density at radius 2 is 2.03 bits per heavy atom. The van der Waals surface area contributed by atoms with Crippen molar-refractivity contribution >= 4 is 5.96 Å². The van der Waals surface area contributed by atoms with E-state index in [1.807, 2.05) is 30.7 Å². The van der Waals surface area contributed by atoms with Gasteiger partial charge in [0.05, 0.1) is 19.8 Å². The maximum atomic E-state index is 5.75. The summed E-state index contributed by atoms with van der Waals surface area (Å²) >= 11 is 0. The Labute approximate surface area is 190 Å². The zero-order chi connectivity index (χ0) is 22.6. The van der Waals surface area contributed by atoms with Crippen molar-refractivity contribution in [3.8, 4) is 5.75 Å². The minimum Gasteiger partial charge on any atom is -0.497 e. The quantitative estimate of drug-likeness (QED) is 0.294. The van der Waals surface area contributed by atoms with Crippen LogP contribution in [0, 0.1) is 6.92 Å². The predicted octanol–water partition coefficient (Wildman–Crippen LogP) is 2.00. The number of ether oxygens (including phenoxy) is 3. The zero-order valence-electron chi connectivity index (χ0n) is 19.5. The molecule has 1 atom stereocenters. The van der Waals surface area contributed by atoms with Gasteiger partial charge in [-0.3, -0.25) is 0 Å². The summed E-state index contributed by atoms with van der Waals surface area (Å²) in [7, 11) is 3.63. The molecule has 2 N–H and O–H groups in total. The molecule has 32 heavy (non-hydrogen) atoms. The molecule has 0 saturated carbocycles. The molecule has 1 aliphatic rings. The number of hydrogen-bond acceptors (Lipinski definition) is 6. The second-order valence-corrected chi connectivity index (χ2v) is 7.90. The maximum absolute atomic E-state index is 5.75. The Morgan fingerprint density at radius 1 is 1.22 bits per heavy atom. The van der Waals surface area contributed by atoms with Gasteiger partial charge in [-0.2, -0.15) is 0 Å². The smallest absolute Gasteiger partial charge is 0.191 e. The molecule has 1 fully saturated rings. The minimum absolute atomic E-state index is 0.273. The van der Waals surface area contributed by atoms with Crippen molar-refractivity contribution in [2.75, 3.05) is 40.0 Å². The molecule has 0 radical (unpaired) electrons. The van der Waals surface area contributed by atoms with E-state index in [1.54, 1.807) is 7.11 Å². The molecule has 0 spiro atoms. The Kier molecular flexibility index (Phi) is 9.77. The van der Waals surface area contributed by atoms with Crippen LogP contribution in [0.15, 0.2) is 29.3 Å². The van der Waals surface area contributed by atoms with E-state index in [1.165, 1.54) is 5.56 Å². The molecule has 9 nitrogen and oxygen atoms in total. The number of nitrogens with one attached hydrogen (secondary N) is 2. The van der Waals surface area contributed by atoms with Crippen molar-refractivity contribution < 1.29 is 14.2 Å². The van der Waals surface area contributed by atoms with E-state index >= 15 is 0 Å². The lowest BCUT2D eigenvalue weighted by atomic mass is 10.1. The van der Waals surface area contributed by atoms with Crippen LogP contribution in [-0.2, 0) is 29.5 Å². The van der Waals surface area contributed by atoms with E-state index in [2.05, 4.69) is 33.0 Å². The molecule has 1 aromatic heterocycles. The van der Waals surface area contributed by atoms with Crippen LogP contribution in [0.4, 0.5) is 0 Å². The Morgan fingerprint density at radius 3 is 2.72 bits per heavy atom. The summed E-state index contributed by atoms with van der Waals surface area (Å²) in [5, 5.41) is 15.1. The van der Waals surface area contributed by atoms with Gasteiger partial charge in [0.2, 0.25) is 0 Å². The van der Waals surface area contributed by atoms with Gasteiger partial charge in [0.1, 0.15) is 18.1 Å². The van der Waals surface area contributed by atoms with Gasteiger partial charge in [0, 0.05) is 33.4 Å². The van der Waals surface area contributed by atoms with Gasteiger partial charge in [0.15, 0.2) is 11.8 Å². The van der Waals surface area contributed by atoms with E-state index < -0.39 is 0 Å². The van der Waals surface area contributed by atoms with Crippen molar-refractivity contribution in [3.05, 3.63) is 41.5 Å². The predicted molar refractivity (Wildman–Crippen MR) is 124 cm³/mol. The van der Waals surface area contributed by atoms with E-state index in [9.17, 15) is 0 Å². The SMILES string of the molecule is COc1ccc(CCNC(=NCc2nnc(C)n2C)NCCCOCC2CCCO2)cc1. The van der Waals surface area contributed by atoms with Gasteiger partial charge in [0.25, 0.3) is 0 Å². The van der Waals surface area contributed by atoms with Crippen molar-refractivity contribution in [3.63, 3.8) is 0 Å². The lowest BCUT2D eigenvalue weighted by Crippen LogP contribution is -2.39. The molecule has 0 bridgehead atoms. The molecule has 1 unspecified atom stereocenters. The number of aliphatic imine (C=N–C) groups is 1. The molecule has 9 heteroatoms. The average molecular weight is 445 g/mol. The number of methoxy groups -OCH3 is 1. The van der Waals surface area contributed by atoms with Crippen LogP contribution in [0.1, 0.15) is 36.5 Å². The molecule has 2 heterocycles. The summed E-state index contributed by atoms with van der Waals surface area (Å²) in [6, 6.07) is 8.13. The highest BCUT2D eigenvalue weighted by atomic mass is 16.5. The lowest BCUT2D eigenvalue weighted by Gasteiger charge is -2.14. The second kappa shape index (κ2) is 13.0. The Hall–Kier alpha value is -2.65. The first-order chi connectivity index (χ1) is 15.7. The van der Waals surface area contributed by atoms with E-state index in [4.69, 9.17) is 19.2 Å². The second-order valence-electron chi connectivity index (χ2n) is 7.90. The third-order valence-corrected chi connectivity index (χ3v) is 5.51.